The minimum Gasteiger partial charge on any atom is -0.493 e. The van der Waals surface area contributed by atoms with Crippen LogP contribution in [0.2, 0.25) is 0 Å². The van der Waals surface area contributed by atoms with Crippen molar-refractivity contribution in [3.05, 3.63) is 18.2 Å². The highest BCUT2D eigenvalue weighted by Gasteiger charge is 2.17. The third-order valence-corrected chi connectivity index (χ3v) is 4.36. The third-order valence-electron chi connectivity index (χ3n) is 2.87. The summed E-state index contributed by atoms with van der Waals surface area (Å²) in [7, 11) is 1.04. The summed E-state index contributed by atoms with van der Waals surface area (Å²) < 4.78 is 38.3. The Morgan fingerprint density at radius 3 is 2.40 bits per heavy atom. The second kappa shape index (κ2) is 7.35. The van der Waals surface area contributed by atoms with E-state index in [1.54, 1.807) is 25.2 Å². The Labute approximate surface area is 120 Å². The molecule has 1 N–H and O–H groups in total. The molecule has 6 nitrogen and oxygen atoms in total. The number of ether oxygens (including phenoxy) is 2. The van der Waals surface area contributed by atoms with E-state index in [1.807, 2.05) is 6.92 Å². The SMILES string of the molecule is CCCCN(C)S(=O)(=O)Nc1ccc(OC)c(OC)c1. The Hall–Kier alpha value is -1.47. The zero-order valence-corrected chi connectivity index (χ0v) is 13.2. The van der Waals surface area contributed by atoms with Crippen molar-refractivity contribution in [1.29, 1.82) is 0 Å². The van der Waals surface area contributed by atoms with Crippen LogP contribution in [0.1, 0.15) is 19.8 Å². The summed E-state index contributed by atoms with van der Waals surface area (Å²) in [5.41, 5.74) is 0.436. The van der Waals surface area contributed by atoms with Gasteiger partial charge in [-0.1, -0.05) is 13.3 Å². The quantitative estimate of drug-likeness (QED) is 0.798. The molecule has 0 spiro atoms. The molecule has 114 valence electrons. The van der Waals surface area contributed by atoms with Gasteiger partial charge in [0.25, 0.3) is 0 Å². The number of hydrogen-bond acceptors (Lipinski definition) is 4. The standard InChI is InChI=1S/C13H22N2O4S/c1-5-6-9-15(2)20(16,17)14-11-7-8-12(18-3)13(10-11)19-4/h7-8,10,14H,5-6,9H2,1-4H3. The lowest BCUT2D eigenvalue weighted by Gasteiger charge is -2.18. The summed E-state index contributed by atoms with van der Waals surface area (Å²) in [4.78, 5) is 0. The Kier molecular flexibility index (Phi) is 6.09. The molecule has 1 aromatic rings. The Bertz CT molecular complexity index is 531. The zero-order valence-electron chi connectivity index (χ0n) is 12.3. The van der Waals surface area contributed by atoms with Gasteiger partial charge in [0.05, 0.1) is 19.9 Å². The van der Waals surface area contributed by atoms with E-state index in [4.69, 9.17) is 9.47 Å². The summed E-state index contributed by atoms with van der Waals surface area (Å²) in [6.07, 6.45) is 1.76. The van der Waals surface area contributed by atoms with Gasteiger partial charge in [-0.3, -0.25) is 4.72 Å². The molecule has 0 atom stereocenters. The van der Waals surface area contributed by atoms with Crippen LogP contribution in [0.4, 0.5) is 5.69 Å². The third kappa shape index (κ3) is 4.28. The zero-order chi connectivity index (χ0) is 15.2. The highest BCUT2D eigenvalue weighted by molar-refractivity contribution is 7.90. The van der Waals surface area contributed by atoms with Gasteiger partial charge in [0.2, 0.25) is 0 Å². The van der Waals surface area contributed by atoms with Crippen molar-refractivity contribution in [1.82, 2.24) is 4.31 Å². The molecule has 0 aliphatic heterocycles. The van der Waals surface area contributed by atoms with Crippen molar-refractivity contribution >= 4 is 15.9 Å². The topological polar surface area (TPSA) is 67.9 Å². The molecule has 0 aliphatic rings. The maximum absolute atomic E-state index is 12.1. The first-order chi connectivity index (χ1) is 9.44. The second-order valence-electron chi connectivity index (χ2n) is 4.35. The van der Waals surface area contributed by atoms with Gasteiger partial charge < -0.3 is 9.47 Å². The molecule has 0 unspecified atom stereocenters. The average Bonchev–Trinajstić information content (AvgIpc) is 2.43. The smallest absolute Gasteiger partial charge is 0.301 e. The van der Waals surface area contributed by atoms with E-state index in [-0.39, 0.29) is 0 Å². The van der Waals surface area contributed by atoms with Crippen LogP contribution in [-0.4, -0.2) is 40.5 Å². The van der Waals surface area contributed by atoms with Crippen molar-refractivity contribution in [3.63, 3.8) is 0 Å². The van der Waals surface area contributed by atoms with Gasteiger partial charge in [0.1, 0.15) is 0 Å². The maximum Gasteiger partial charge on any atom is 0.301 e. The lowest BCUT2D eigenvalue weighted by molar-refractivity contribution is 0.355. The molecule has 20 heavy (non-hydrogen) atoms. The van der Waals surface area contributed by atoms with Crippen LogP contribution in [0.25, 0.3) is 0 Å². The van der Waals surface area contributed by atoms with Gasteiger partial charge >= 0.3 is 10.2 Å². The highest BCUT2D eigenvalue weighted by atomic mass is 32.2. The summed E-state index contributed by atoms with van der Waals surface area (Å²) >= 11 is 0. The number of hydrogen-bond donors (Lipinski definition) is 1. The molecule has 0 aliphatic carbocycles. The fourth-order valence-electron chi connectivity index (χ4n) is 1.63. The van der Waals surface area contributed by atoms with Crippen LogP contribution in [-0.2, 0) is 10.2 Å². The highest BCUT2D eigenvalue weighted by Crippen LogP contribution is 2.30. The molecule has 0 heterocycles. The van der Waals surface area contributed by atoms with E-state index in [2.05, 4.69) is 4.72 Å². The van der Waals surface area contributed by atoms with Crippen molar-refractivity contribution in [2.24, 2.45) is 0 Å². The number of nitrogens with zero attached hydrogens (tertiary/aromatic N) is 1. The molecule has 0 aromatic heterocycles. The number of nitrogens with one attached hydrogen (secondary N) is 1. The molecule has 7 heteroatoms. The van der Waals surface area contributed by atoms with E-state index >= 15 is 0 Å². The number of anilines is 1. The van der Waals surface area contributed by atoms with Crippen molar-refractivity contribution in [3.8, 4) is 11.5 Å². The van der Waals surface area contributed by atoms with Gasteiger partial charge in [-0.2, -0.15) is 12.7 Å². The predicted molar refractivity (Wildman–Crippen MR) is 79.6 cm³/mol. The first-order valence-corrected chi connectivity index (χ1v) is 7.84. The van der Waals surface area contributed by atoms with Gasteiger partial charge in [0.15, 0.2) is 11.5 Å². The lowest BCUT2D eigenvalue weighted by Crippen LogP contribution is -2.33. The van der Waals surface area contributed by atoms with Crippen LogP contribution in [0.5, 0.6) is 11.5 Å². The minimum absolute atomic E-state index is 0.436. The van der Waals surface area contributed by atoms with E-state index in [0.717, 1.165) is 12.8 Å². The second-order valence-corrected chi connectivity index (χ2v) is 6.13. The number of methoxy groups -OCH3 is 2. The monoisotopic (exact) mass is 302 g/mol. The molecule has 0 bridgehead atoms. The Morgan fingerprint density at radius 2 is 1.85 bits per heavy atom. The largest absolute Gasteiger partial charge is 0.493 e. The fourth-order valence-corrected chi connectivity index (χ4v) is 2.58. The van der Waals surface area contributed by atoms with Gasteiger partial charge in [-0.05, 0) is 18.6 Å². The van der Waals surface area contributed by atoms with Crippen LogP contribution < -0.4 is 14.2 Å². The molecule has 0 fully saturated rings. The first-order valence-electron chi connectivity index (χ1n) is 6.40. The van der Waals surface area contributed by atoms with E-state index in [1.165, 1.54) is 18.5 Å². The van der Waals surface area contributed by atoms with Gasteiger partial charge in [-0.25, -0.2) is 0 Å². The molecule has 1 rings (SSSR count). The predicted octanol–water partition coefficient (Wildman–Crippen LogP) is 2.09. The van der Waals surface area contributed by atoms with Crippen molar-refractivity contribution in [2.75, 3.05) is 32.5 Å². The van der Waals surface area contributed by atoms with Gasteiger partial charge in [-0.15, -0.1) is 0 Å². The lowest BCUT2D eigenvalue weighted by atomic mass is 10.3. The summed E-state index contributed by atoms with van der Waals surface area (Å²) in [6, 6.07) is 4.87. The van der Waals surface area contributed by atoms with Crippen LogP contribution in [0, 0.1) is 0 Å². The molecular formula is C13H22N2O4S. The molecule has 0 saturated carbocycles. The summed E-state index contributed by atoms with van der Waals surface area (Å²) in [5.74, 6) is 1.03. The molecular weight excluding hydrogens is 280 g/mol. The summed E-state index contributed by atoms with van der Waals surface area (Å²) in [6.45, 7) is 2.50. The number of unbranched alkanes of at least 4 members (excludes halogenated alkanes) is 1. The van der Waals surface area contributed by atoms with Crippen molar-refractivity contribution < 1.29 is 17.9 Å². The van der Waals surface area contributed by atoms with Crippen LogP contribution in [0.15, 0.2) is 18.2 Å². The van der Waals surface area contributed by atoms with E-state index in [0.29, 0.717) is 23.7 Å². The number of benzene rings is 1. The van der Waals surface area contributed by atoms with Crippen LogP contribution in [0.3, 0.4) is 0 Å². The normalized spacial score (nSPS) is 11.4. The minimum atomic E-state index is -3.54. The van der Waals surface area contributed by atoms with Crippen molar-refractivity contribution in [2.45, 2.75) is 19.8 Å². The molecule has 0 radical (unpaired) electrons. The summed E-state index contributed by atoms with van der Waals surface area (Å²) in [5, 5.41) is 0. The van der Waals surface area contributed by atoms with Crippen LogP contribution >= 0.6 is 0 Å². The first kappa shape index (κ1) is 16.6. The molecule has 1 aromatic carbocycles. The van der Waals surface area contributed by atoms with E-state index in [9.17, 15) is 8.42 Å². The Morgan fingerprint density at radius 1 is 1.20 bits per heavy atom. The Balaban J connectivity index is 2.87. The molecule has 0 amide bonds. The number of rotatable bonds is 8. The van der Waals surface area contributed by atoms with E-state index < -0.39 is 10.2 Å². The fraction of sp³-hybridized carbons (Fsp3) is 0.538. The average molecular weight is 302 g/mol. The van der Waals surface area contributed by atoms with Gasteiger partial charge in [0, 0.05) is 19.7 Å². The molecule has 0 saturated heterocycles. The maximum atomic E-state index is 12.1.